The van der Waals surface area contributed by atoms with E-state index in [2.05, 4.69) is 22.9 Å². The van der Waals surface area contributed by atoms with E-state index in [9.17, 15) is 0 Å². The van der Waals surface area contributed by atoms with Crippen molar-refractivity contribution in [3.63, 3.8) is 0 Å². The Balaban J connectivity index is 2.14. The first-order valence-corrected chi connectivity index (χ1v) is 5.04. The van der Waals surface area contributed by atoms with Crippen molar-refractivity contribution in [3.8, 4) is 0 Å². The van der Waals surface area contributed by atoms with Crippen LogP contribution in [-0.4, -0.2) is 30.6 Å². The maximum Gasteiger partial charge on any atom is 0.295 e. The molecule has 3 aliphatic heterocycles. The van der Waals surface area contributed by atoms with Gasteiger partial charge < -0.3 is 14.2 Å². The van der Waals surface area contributed by atoms with Gasteiger partial charge in [-0.1, -0.05) is 22.9 Å². The average molecular weight is 237 g/mol. The summed E-state index contributed by atoms with van der Waals surface area (Å²) in [6.45, 7) is 6.25. The van der Waals surface area contributed by atoms with E-state index in [0.29, 0.717) is 0 Å². The molecule has 0 amide bonds. The normalized spacial score (nSPS) is 49.2. The molecule has 3 heterocycles. The van der Waals surface area contributed by atoms with Crippen LogP contribution in [0.2, 0.25) is 0 Å². The minimum absolute atomic E-state index is 0.0592. The third-order valence-electron chi connectivity index (χ3n) is 2.35. The Bertz CT molecular complexity index is 168. The molecule has 0 aromatic rings. The Hall–Kier alpha value is 0.360. The first kappa shape index (κ1) is 8.94. The van der Waals surface area contributed by atoms with Crippen LogP contribution in [0.5, 0.6) is 0 Å². The number of hydrogen-bond acceptors (Lipinski definition) is 3. The van der Waals surface area contributed by atoms with Gasteiger partial charge in [0, 0.05) is 5.41 Å². The van der Waals surface area contributed by atoms with Crippen molar-refractivity contribution in [1.29, 1.82) is 0 Å². The molecule has 0 saturated carbocycles. The fourth-order valence-electron chi connectivity index (χ4n) is 1.42. The fraction of sp³-hybridized carbons (Fsp3) is 1.00. The van der Waals surface area contributed by atoms with Crippen molar-refractivity contribution >= 4 is 15.9 Å². The zero-order valence-corrected chi connectivity index (χ0v) is 8.89. The predicted octanol–water partition coefficient (Wildman–Crippen LogP) is 1.51. The smallest absolute Gasteiger partial charge is 0.295 e. The van der Waals surface area contributed by atoms with Crippen molar-refractivity contribution in [2.75, 3.05) is 19.8 Å². The van der Waals surface area contributed by atoms with E-state index in [0.717, 1.165) is 19.8 Å². The SMILES string of the molecule is C[C@@H](Br)C12OCC(C)(CO1)CO2. The van der Waals surface area contributed by atoms with Crippen LogP contribution in [0.3, 0.4) is 0 Å². The first-order valence-electron chi connectivity index (χ1n) is 4.12. The first-order chi connectivity index (χ1) is 5.56. The predicted molar refractivity (Wildman–Crippen MR) is 47.1 cm³/mol. The number of hydrogen-bond donors (Lipinski definition) is 0. The van der Waals surface area contributed by atoms with Gasteiger partial charge in [0.05, 0.1) is 24.6 Å². The number of alkyl halides is 1. The summed E-state index contributed by atoms with van der Waals surface area (Å²) in [6, 6.07) is 0. The third-order valence-corrected chi connectivity index (χ3v) is 2.91. The number of fused-ring (bicyclic) bond motifs is 3. The summed E-state index contributed by atoms with van der Waals surface area (Å²) >= 11 is 3.42. The molecule has 3 saturated heterocycles. The summed E-state index contributed by atoms with van der Waals surface area (Å²) in [7, 11) is 0. The summed E-state index contributed by atoms with van der Waals surface area (Å²) in [5.74, 6) is -0.822. The van der Waals surface area contributed by atoms with Gasteiger partial charge in [-0.05, 0) is 6.92 Å². The number of halogens is 1. The number of ether oxygens (including phenoxy) is 3. The zero-order chi connectivity index (χ0) is 8.82. The number of rotatable bonds is 1. The lowest BCUT2D eigenvalue weighted by Gasteiger charge is -2.51. The van der Waals surface area contributed by atoms with Crippen LogP contribution in [0.15, 0.2) is 0 Å². The molecule has 0 unspecified atom stereocenters. The van der Waals surface area contributed by atoms with E-state index in [-0.39, 0.29) is 10.2 Å². The van der Waals surface area contributed by atoms with Gasteiger partial charge in [0.25, 0.3) is 5.97 Å². The van der Waals surface area contributed by atoms with Gasteiger partial charge in [0.2, 0.25) is 0 Å². The van der Waals surface area contributed by atoms with E-state index in [1.54, 1.807) is 0 Å². The molecular weight excluding hydrogens is 224 g/mol. The van der Waals surface area contributed by atoms with Crippen molar-refractivity contribution in [3.05, 3.63) is 0 Å². The van der Waals surface area contributed by atoms with E-state index >= 15 is 0 Å². The van der Waals surface area contributed by atoms with Crippen molar-refractivity contribution in [1.82, 2.24) is 0 Å². The van der Waals surface area contributed by atoms with E-state index < -0.39 is 5.97 Å². The minimum Gasteiger partial charge on any atom is -0.326 e. The molecule has 1 atom stereocenters. The molecule has 3 nitrogen and oxygen atoms in total. The van der Waals surface area contributed by atoms with Crippen molar-refractivity contribution in [2.45, 2.75) is 24.6 Å². The third kappa shape index (κ3) is 1.21. The highest BCUT2D eigenvalue weighted by Crippen LogP contribution is 2.41. The molecule has 0 radical (unpaired) electrons. The highest BCUT2D eigenvalue weighted by Gasteiger charge is 2.52. The summed E-state index contributed by atoms with van der Waals surface area (Å²) in [6.07, 6.45) is 0. The van der Waals surface area contributed by atoms with Crippen LogP contribution >= 0.6 is 15.9 Å². The lowest BCUT2D eigenvalue weighted by molar-refractivity contribution is -0.462. The Morgan fingerprint density at radius 2 is 1.58 bits per heavy atom. The van der Waals surface area contributed by atoms with Gasteiger partial charge in [-0.25, -0.2) is 0 Å². The van der Waals surface area contributed by atoms with Crippen LogP contribution in [-0.2, 0) is 14.2 Å². The van der Waals surface area contributed by atoms with Crippen molar-refractivity contribution < 1.29 is 14.2 Å². The highest BCUT2D eigenvalue weighted by atomic mass is 79.9. The summed E-state index contributed by atoms with van der Waals surface area (Å²) in [4.78, 5) is 0.0647. The minimum atomic E-state index is -0.822. The van der Waals surface area contributed by atoms with Crippen LogP contribution in [0, 0.1) is 5.41 Å². The molecule has 12 heavy (non-hydrogen) atoms. The van der Waals surface area contributed by atoms with Crippen LogP contribution in [0.25, 0.3) is 0 Å². The summed E-state index contributed by atoms with van der Waals surface area (Å²) < 4.78 is 16.6. The molecule has 0 aromatic heterocycles. The van der Waals surface area contributed by atoms with Gasteiger partial charge in [-0.15, -0.1) is 0 Å². The monoisotopic (exact) mass is 236 g/mol. The molecule has 3 fully saturated rings. The van der Waals surface area contributed by atoms with Crippen LogP contribution in [0.4, 0.5) is 0 Å². The quantitative estimate of drug-likeness (QED) is 0.647. The fourth-order valence-corrected chi connectivity index (χ4v) is 1.82. The second-order valence-electron chi connectivity index (χ2n) is 3.90. The Morgan fingerprint density at radius 1 is 1.17 bits per heavy atom. The molecule has 0 N–H and O–H groups in total. The molecule has 0 aliphatic carbocycles. The average Bonchev–Trinajstić information content (AvgIpc) is 2.06. The largest absolute Gasteiger partial charge is 0.326 e. The van der Waals surface area contributed by atoms with Crippen LogP contribution in [0.1, 0.15) is 13.8 Å². The van der Waals surface area contributed by atoms with Gasteiger partial charge >= 0.3 is 0 Å². The summed E-state index contributed by atoms with van der Waals surface area (Å²) in [5.41, 5.74) is 0.0592. The second-order valence-corrected chi connectivity index (χ2v) is 5.27. The molecule has 0 aromatic carbocycles. The summed E-state index contributed by atoms with van der Waals surface area (Å²) in [5, 5.41) is 0. The maximum atomic E-state index is 5.54. The molecule has 70 valence electrons. The molecule has 3 rings (SSSR count). The van der Waals surface area contributed by atoms with E-state index in [4.69, 9.17) is 14.2 Å². The standard InChI is InChI=1S/C8H13BrO3/c1-6(9)8-10-3-7(2,4-11-8)5-12-8/h6H,3-5H2,1-2H3/t6-,7?,8?/m1/s1. The van der Waals surface area contributed by atoms with Gasteiger partial charge in [-0.3, -0.25) is 0 Å². The zero-order valence-electron chi connectivity index (χ0n) is 7.30. The molecule has 4 heteroatoms. The Morgan fingerprint density at radius 3 is 1.92 bits per heavy atom. The highest BCUT2D eigenvalue weighted by molar-refractivity contribution is 9.09. The Labute approximate surface area is 80.5 Å². The van der Waals surface area contributed by atoms with Crippen LogP contribution < -0.4 is 0 Å². The lowest BCUT2D eigenvalue weighted by atomic mass is 9.91. The van der Waals surface area contributed by atoms with Gasteiger partial charge in [-0.2, -0.15) is 0 Å². The van der Waals surface area contributed by atoms with E-state index in [1.165, 1.54) is 0 Å². The molecule has 2 bridgehead atoms. The molecule has 3 aliphatic rings. The topological polar surface area (TPSA) is 27.7 Å². The van der Waals surface area contributed by atoms with Gasteiger partial charge in [0.1, 0.15) is 0 Å². The lowest BCUT2D eigenvalue weighted by Crippen LogP contribution is -2.62. The van der Waals surface area contributed by atoms with Crippen molar-refractivity contribution in [2.24, 2.45) is 5.41 Å². The van der Waals surface area contributed by atoms with E-state index in [1.807, 2.05) is 6.92 Å². The maximum absolute atomic E-state index is 5.54. The molecule has 0 spiro atoms. The Kier molecular flexibility index (Phi) is 1.99. The van der Waals surface area contributed by atoms with Gasteiger partial charge in [0.15, 0.2) is 0 Å². The molecular formula is C8H13BrO3. The second kappa shape index (κ2) is 2.67.